The van der Waals surface area contributed by atoms with Gasteiger partial charge in [0.1, 0.15) is 0 Å². The number of carboxylic acid groups (broad SMARTS) is 1. The Labute approximate surface area is 130 Å². The molecule has 2 heterocycles. The van der Waals surface area contributed by atoms with Crippen molar-refractivity contribution in [3.8, 4) is 0 Å². The second-order valence-electron chi connectivity index (χ2n) is 6.24. The quantitative estimate of drug-likeness (QED) is 0.913. The third-order valence-electron chi connectivity index (χ3n) is 4.78. The van der Waals surface area contributed by atoms with E-state index in [-0.39, 0.29) is 11.8 Å². The van der Waals surface area contributed by atoms with Gasteiger partial charge in [-0.15, -0.1) is 0 Å². The highest BCUT2D eigenvalue weighted by molar-refractivity contribution is 5.81. The molecule has 0 radical (unpaired) electrons. The molecule has 1 N–H and O–H groups in total. The molecule has 0 saturated carbocycles. The Kier molecular flexibility index (Phi) is 4.43. The van der Waals surface area contributed by atoms with E-state index < -0.39 is 11.9 Å². The van der Waals surface area contributed by atoms with Gasteiger partial charge in [-0.3, -0.25) is 14.5 Å². The summed E-state index contributed by atoms with van der Waals surface area (Å²) in [7, 11) is 0. The SMILES string of the molecule is O=C(O)[C@@H]1CN(C(=O)CN2CCCC2)C[C@H]1c1ccccc1. The molecule has 2 saturated heterocycles. The average molecular weight is 302 g/mol. The average Bonchev–Trinajstić information content (AvgIpc) is 3.17. The van der Waals surface area contributed by atoms with Crippen molar-refractivity contribution >= 4 is 11.9 Å². The summed E-state index contributed by atoms with van der Waals surface area (Å²) in [4.78, 5) is 27.9. The van der Waals surface area contributed by atoms with Gasteiger partial charge in [0.25, 0.3) is 0 Å². The summed E-state index contributed by atoms with van der Waals surface area (Å²) in [5.41, 5.74) is 1.01. The van der Waals surface area contributed by atoms with Crippen molar-refractivity contribution in [1.82, 2.24) is 9.80 Å². The molecule has 5 heteroatoms. The number of hydrogen-bond donors (Lipinski definition) is 1. The Morgan fingerprint density at radius 1 is 1.09 bits per heavy atom. The number of benzene rings is 1. The van der Waals surface area contributed by atoms with Crippen LogP contribution in [0.2, 0.25) is 0 Å². The molecule has 5 nitrogen and oxygen atoms in total. The highest BCUT2D eigenvalue weighted by Gasteiger charge is 2.40. The summed E-state index contributed by atoms with van der Waals surface area (Å²) in [5, 5.41) is 9.48. The second kappa shape index (κ2) is 6.48. The third kappa shape index (κ3) is 3.14. The van der Waals surface area contributed by atoms with Gasteiger partial charge in [0.05, 0.1) is 12.5 Å². The summed E-state index contributed by atoms with van der Waals surface area (Å²) in [5.74, 6) is -1.37. The van der Waals surface area contributed by atoms with Gasteiger partial charge in [-0.1, -0.05) is 30.3 Å². The Bertz CT molecular complexity index is 540. The van der Waals surface area contributed by atoms with Crippen molar-refractivity contribution < 1.29 is 14.7 Å². The number of rotatable bonds is 4. The van der Waals surface area contributed by atoms with Gasteiger partial charge in [-0.25, -0.2) is 0 Å². The van der Waals surface area contributed by atoms with Gasteiger partial charge in [0.15, 0.2) is 0 Å². The van der Waals surface area contributed by atoms with E-state index >= 15 is 0 Å². The summed E-state index contributed by atoms with van der Waals surface area (Å²) < 4.78 is 0. The van der Waals surface area contributed by atoms with Gasteiger partial charge in [0, 0.05) is 19.0 Å². The Morgan fingerprint density at radius 3 is 2.41 bits per heavy atom. The molecular formula is C17H22N2O3. The first-order chi connectivity index (χ1) is 10.6. The van der Waals surface area contributed by atoms with Crippen LogP contribution >= 0.6 is 0 Å². The lowest BCUT2D eigenvalue weighted by atomic mass is 9.89. The van der Waals surface area contributed by atoms with Crippen LogP contribution in [0.25, 0.3) is 0 Å². The molecule has 3 rings (SSSR count). The maximum Gasteiger partial charge on any atom is 0.308 e. The smallest absolute Gasteiger partial charge is 0.308 e. The zero-order valence-corrected chi connectivity index (χ0v) is 12.6. The molecule has 118 valence electrons. The van der Waals surface area contributed by atoms with Crippen LogP contribution in [-0.2, 0) is 9.59 Å². The Morgan fingerprint density at radius 2 is 1.77 bits per heavy atom. The highest BCUT2D eigenvalue weighted by atomic mass is 16.4. The number of nitrogens with zero attached hydrogens (tertiary/aromatic N) is 2. The lowest BCUT2D eigenvalue weighted by Crippen LogP contribution is -2.38. The van der Waals surface area contributed by atoms with E-state index in [4.69, 9.17) is 0 Å². The van der Waals surface area contributed by atoms with Gasteiger partial charge in [-0.05, 0) is 31.5 Å². The van der Waals surface area contributed by atoms with Crippen molar-refractivity contribution in [2.24, 2.45) is 5.92 Å². The number of carbonyl (C=O) groups excluding carboxylic acids is 1. The molecule has 2 aliphatic rings. The molecule has 0 aliphatic carbocycles. The van der Waals surface area contributed by atoms with E-state index in [1.807, 2.05) is 30.3 Å². The van der Waals surface area contributed by atoms with Crippen LogP contribution in [-0.4, -0.2) is 59.5 Å². The molecule has 1 aromatic carbocycles. The number of carboxylic acids is 1. The fraction of sp³-hybridized carbons (Fsp3) is 0.529. The highest BCUT2D eigenvalue weighted by Crippen LogP contribution is 2.33. The summed E-state index contributed by atoms with van der Waals surface area (Å²) in [6.07, 6.45) is 2.30. The molecule has 1 aromatic rings. The molecule has 0 aromatic heterocycles. The first kappa shape index (κ1) is 15.0. The Balaban J connectivity index is 1.70. The number of aliphatic carboxylic acids is 1. The fourth-order valence-corrected chi connectivity index (χ4v) is 3.53. The molecule has 0 unspecified atom stereocenters. The molecule has 0 spiro atoms. The number of likely N-dealkylation sites (tertiary alicyclic amines) is 2. The largest absolute Gasteiger partial charge is 0.481 e. The zero-order chi connectivity index (χ0) is 15.5. The number of hydrogen-bond acceptors (Lipinski definition) is 3. The van der Waals surface area contributed by atoms with Crippen molar-refractivity contribution in [3.63, 3.8) is 0 Å². The molecule has 2 fully saturated rings. The van der Waals surface area contributed by atoms with E-state index in [2.05, 4.69) is 4.90 Å². The van der Waals surface area contributed by atoms with Crippen molar-refractivity contribution in [2.45, 2.75) is 18.8 Å². The molecule has 2 aliphatic heterocycles. The van der Waals surface area contributed by atoms with Crippen LogP contribution in [0.5, 0.6) is 0 Å². The minimum absolute atomic E-state index is 0.0616. The second-order valence-corrected chi connectivity index (χ2v) is 6.24. The molecule has 2 atom stereocenters. The molecule has 0 bridgehead atoms. The van der Waals surface area contributed by atoms with Crippen molar-refractivity contribution in [3.05, 3.63) is 35.9 Å². The van der Waals surface area contributed by atoms with Gasteiger partial charge < -0.3 is 10.0 Å². The maximum atomic E-state index is 12.4. The van der Waals surface area contributed by atoms with E-state index in [1.165, 1.54) is 0 Å². The normalized spacial score (nSPS) is 25.5. The topological polar surface area (TPSA) is 60.9 Å². The Hall–Kier alpha value is -1.88. The monoisotopic (exact) mass is 302 g/mol. The van der Waals surface area contributed by atoms with Gasteiger partial charge in [0.2, 0.25) is 5.91 Å². The van der Waals surface area contributed by atoms with E-state index in [0.29, 0.717) is 19.6 Å². The van der Waals surface area contributed by atoms with Crippen LogP contribution in [0.4, 0.5) is 0 Å². The van der Waals surface area contributed by atoms with Crippen LogP contribution < -0.4 is 0 Å². The summed E-state index contributed by atoms with van der Waals surface area (Å²) in [6, 6.07) is 9.67. The molecular weight excluding hydrogens is 280 g/mol. The predicted octanol–water partition coefficient (Wildman–Crippen LogP) is 1.41. The lowest BCUT2D eigenvalue weighted by Gasteiger charge is -2.20. The summed E-state index contributed by atoms with van der Waals surface area (Å²) in [6.45, 7) is 3.21. The zero-order valence-electron chi connectivity index (χ0n) is 12.6. The van der Waals surface area contributed by atoms with Crippen LogP contribution in [0.15, 0.2) is 30.3 Å². The van der Waals surface area contributed by atoms with Gasteiger partial charge in [-0.2, -0.15) is 0 Å². The van der Waals surface area contributed by atoms with Crippen LogP contribution in [0.1, 0.15) is 24.3 Å². The number of carbonyl (C=O) groups is 2. The van der Waals surface area contributed by atoms with E-state index in [9.17, 15) is 14.7 Å². The predicted molar refractivity (Wildman–Crippen MR) is 82.6 cm³/mol. The van der Waals surface area contributed by atoms with Crippen molar-refractivity contribution in [2.75, 3.05) is 32.7 Å². The summed E-state index contributed by atoms with van der Waals surface area (Å²) >= 11 is 0. The molecule has 1 amide bonds. The minimum atomic E-state index is -0.815. The standard InChI is InChI=1S/C17H22N2O3/c20-16(12-18-8-4-5-9-18)19-10-14(15(11-19)17(21)22)13-6-2-1-3-7-13/h1-3,6-7,14-15H,4-5,8-12H2,(H,21,22)/t14-,15+/m0/s1. The minimum Gasteiger partial charge on any atom is -0.481 e. The van der Waals surface area contributed by atoms with Crippen molar-refractivity contribution in [1.29, 1.82) is 0 Å². The van der Waals surface area contributed by atoms with E-state index in [1.54, 1.807) is 4.90 Å². The van der Waals surface area contributed by atoms with Crippen LogP contribution in [0, 0.1) is 5.92 Å². The maximum absolute atomic E-state index is 12.4. The lowest BCUT2D eigenvalue weighted by molar-refractivity contribution is -0.141. The van der Waals surface area contributed by atoms with Gasteiger partial charge >= 0.3 is 5.97 Å². The fourth-order valence-electron chi connectivity index (χ4n) is 3.53. The van der Waals surface area contributed by atoms with E-state index in [0.717, 1.165) is 31.5 Å². The first-order valence-corrected chi connectivity index (χ1v) is 7.93. The molecule has 22 heavy (non-hydrogen) atoms. The van der Waals surface area contributed by atoms with Crippen LogP contribution in [0.3, 0.4) is 0 Å². The third-order valence-corrected chi connectivity index (χ3v) is 4.78. The number of amides is 1. The first-order valence-electron chi connectivity index (χ1n) is 7.93.